The van der Waals surface area contributed by atoms with Crippen molar-refractivity contribution in [2.24, 2.45) is 5.41 Å². The second-order valence-electron chi connectivity index (χ2n) is 19.9. The number of hydrogen-bond acceptors (Lipinski definition) is 5. The summed E-state index contributed by atoms with van der Waals surface area (Å²) in [5.74, 6) is 2.99. The zero-order valence-corrected chi connectivity index (χ0v) is 42.1. The van der Waals surface area contributed by atoms with E-state index in [1.54, 1.807) is 6.20 Å². The predicted molar refractivity (Wildman–Crippen MR) is 282 cm³/mol. The number of fused-ring (bicyclic) bond motifs is 3. The van der Waals surface area contributed by atoms with Gasteiger partial charge >= 0.3 is 0 Å². The third-order valence-corrected chi connectivity index (χ3v) is 12.9. The van der Waals surface area contributed by atoms with Crippen LogP contribution in [0.1, 0.15) is 55.4 Å². The molecule has 0 unspecified atom stereocenters. The summed E-state index contributed by atoms with van der Waals surface area (Å²) in [5, 5.41) is 2.00. The van der Waals surface area contributed by atoms with Gasteiger partial charge in [-0.15, -0.1) is 53.6 Å². The monoisotopic (exact) mass is 1090 g/mol. The van der Waals surface area contributed by atoms with Crippen molar-refractivity contribution < 1.29 is 33.3 Å². The van der Waals surface area contributed by atoms with E-state index in [1.807, 2.05) is 81.4 Å². The summed E-state index contributed by atoms with van der Waals surface area (Å²) >= 11 is 0. The van der Waals surface area contributed by atoms with E-state index in [4.69, 9.17) is 14.5 Å². The molecule has 7 heterocycles. The largest absolute Gasteiger partial charge is 0.509 e. The molecule has 70 heavy (non-hydrogen) atoms. The summed E-state index contributed by atoms with van der Waals surface area (Å²) in [6, 6.07) is 67.5. The molecule has 8 aromatic carbocycles. The van der Waals surface area contributed by atoms with Gasteiger partial charge in [-0.2, -0.15) is 6.07 Å². The second kappa shape index (κ2) is 17.5. The van der Waals surface area contributed by atoms with Gasteiger partial charge in [0.1, 0.15) is 17.3 Å². The fraction of sp³-hybridized carbons (Fsp3) is 0.143. The number of hydrogen-bond donors (Lipinski definition) is 0. The van der Waals surface area contributed by atoms with E-state index in [-0.39, 0.29) is 26.5 Å². The summed E-state index contributed by atoms with van der Waals surface area (Å²) in [7, 11) is 0. The summed E-state index contributed by atoms with van der Waals surface area (Å²) in [4.78, 5) is 9.63. The number of ether oxygens (including phenoxy) is 2. The van der Waals surface area contributed by atoms with Gasteiger partial charge < -0.3 is 23.8 Å². The van der Waals surface area contributed by atoms with Crippen molar-refractivity contribution in [2.75, 3.05) is 9.80 Å². The number of benzene rings is 8. The molecule has 0 aliphatic carbocycles. The van der Waals surface area contributed by atoms with Gasteiger partial charge in [0.15, 0.2) is 0 Å². The van der Waals surface area contributed by atoms with Crippen LogP contribution >= 0.6 is 0 Å². The minimum absolute atomic E-state index is 0. The molecule has 5 aliphatic heterocycles. The summed E-state index contributed by atoms with van der Waals surface area (Å²) < 4.78 is 35.1. The molecule has 10 aromatic rings. The number of pyridine rings is 1. The smallest absolute Gasteiger partial charge is 0.135 e. The first kappa shape index (κ1) is 42.7. The number of anilines is 4. The molecule has 0 N–H and O–H groups in total. The van der Waals surface area contributed by atoms with Crippen LogP contribution in [-0.4, -0.2) is 9.55 Å². The fourth-order valence-electron chi connectivity index (χ4n) is 9.67. The molecule has 0 saturated carbocycles. The second-order valence-corrected chi connectivity index (χ2v) is 19.9. The van der Waals surface area contributed by atoms with E-state index in [9.17, 15) is 2.74 Å². The Balaban J connectivity index is 0.00000560. The zero-order chi connectivity index (χ0) is 48.8. The third-order valence-electron chi connectivity index (χ3n) is 12.9. The Hall–Kier alpha value is -7.40. The van der Waals surface area contributed by atoms with Crippen LogP contribution in [0, 0.1) is 24.2 Å². The number of para-hydroxylation sites is 4. The van der Waals surface area contributed by atoms with E-state index >= 15 is 0 Å². The molecular formula is C63H51N4O2Pt-3. The molecule has 7 heteroatoms. The van der Waals surface area contributed by atoms with Crippen LogP contribution in [0.5, 0.6) is 23.0 Å². The first-order valence-electron chi connectivity index (χ1n) is 24.5. The van der Waals surface area contributed by atoms with Gasteiger partial charge in [-0.1, -0.05) is 150 Å². The van der Waals surface area contributed by atoms with Crippen LogP contribution in [-0.2, 0) is 32.9 Å². The minimum atomic E-state index is -1.76. The third kappa shape index (κ3) is 8.24. The van der Waals surface area contributed by atoms with Crippen molar-refractivity contribution >= 4 is 44.6 Å². The molecule has 2 aromatic heterocycles. The molecule has 0 atom stereocenters. The van der Waals surface area contributed by atoms with Crippen LogP contribution in [0.15, 0.2) is 182 Å². The van der Waals surface area contributed by atoms with Gasteiger partial charge in [0.05, 0.1) is 0 Å². The molecule has 0 fully saturated rings. The standard InChI is InChI=1S/C63H51N4O2.Pt/c1-62(2,3)38-44-33-60-64-39-55(44)42-26-28-47(29-27-42)68-48-19-14-18-43(32-48)52-22-15-21-51(41-16-8-7-9-17-41)61(52)66-40-65(57-24-12-13-25-58(57)66)46-34-45(63(4,5)6)35-50(36-46)69-49-30-31-54-53-20-10-11-23-56(53)67(60)59(54)37-49;/h7-35,39-40H,38H2,1-6H3;/q-3;/i38D2;. The Labute approximate surface area is 427 Å². The fourth-order valence-corrected chi connectivity index (χ4v) is 9.67. The molecular weight excluding hydrogens is 1040 g/mol. The van der Waals surface area contributed by atoms with Crippen LogP contribution in [0.25, 0.3) is 61.0 Å². The van der Waals surface area contributed by atoms with E-state index in [1.165, 1.54) is 0 Å². The van der Waals surface area contributed by atoms with Crippen LogP contribution < -0.4 is 19.3 Å². The van der Waals surface area contributed by atoms with Gasteiger partial charge in [-0.3, -0.25) is 0 Å². The van der Waals surface area contributed by atoms with Crippen LogP contribution in [0.4, 0.5) is 22.7 Å². The molecule has 5 aliphatic rings. The van der Waals surface area contributed by atoms with E-state index in [2.05, 4.69) is 169 Å². The van der Waals surface area contributed by atoms with Crippen molar-refractivity contribution in [3.63, 3.8) is 0 Å². The Bertz CT molecular complexity index is 3710. The maximum atomic E-state index is 9.71. The van der Waals surface area contributed by atoms with Gasteiger partial charge in [0.25, 0.3) is 0 Å². The number of aromatic nitrogens is 2. The molecule has 6 nitrogen and oxygen atoms in total. The first-order valence-corrected chi connectivity index (χ1v) is 23.5. The number of nitrogens with zero attached hydrogens (tertiary/aromatic N) is 4. The molecule has 15 rings (SSSR count). The van der Waals surface area contributed by atoms with Gasteiger partial charge in [0.2, 0.25) is 0 Å². The van der Waals surface area contributed by atoms with E-state index in [0.717, 1.165) is 77.9 Å². The predicted octanol–water partition coefficient (Wildman–Crippen LogP) is 17.0. The van der Waals surface area contributed by atoms with Gasteiger partial charge in [-0.05, 0) is 93.4 Å². The van der Waals surface area contributed by atoms with Crippen molar-refractivity contribution in [3.8, 4) is 62.2 Å². The minimum Gasteiger partial charge on any atom is -0.509 e. The van der Waals surface area contributed by atoms with Crippen molar-refractivity contribution in [1.82, 2.24) is 9.55 Å². The zero-order valence-electron chi connectivity index (χ0n) is 41.8. The maximum Gasteiger partial charge on any atom is 0.135 e. The van der Waals surface area contributed by atoms with Crippen molar-refractivity contribution in [1.29, 1.82) is 0 Å². The van der Waals surface area contributed by atoms with E-state index < -0.39 is 11.8 Å². The topological polar surface area (TPSA) is 42.8 Å². The molecule has 0 saturated heterocycles. The quantitative estimate of drug-likeness (QED) is 0.161. The molecule has 0 amide bonds. The number of rotatable bonds is 2. The Kier molecular flexibility index (Phi) is 10.7. The van der Waals surface area contributed by atoms with Crippen molar-refractivity contribution in [3.05, 3.63) is 212 Å². The summed E-state index contributed by atoms with van der Waals surface area (Å²) in [6.07, 6.45) is 0.0439. The Morgan fingerprint density at radius 2 is 1.26 bits per heavy atom. The SMILES string of the molecule is [2H]C([2H])(c1cc2ncc1-c1ccc(cc1)Oc1cccc(c1)-c1cccc(-c3ccccc3)c1N1[CH-]N(c3[c-]c(cc(C(C)(C)C)c3)Oc3[c-]c4c(cc3)c3ccccc3n4-2)c2ccccc21)C(C)(C)C.[Pt]. The van der Waals surface area contributed by atoms with Crippen molar-refractivity contribution in [2.45, 2.75) is 53.3 Å². The normalized spacial score (nSPS) is 13.7. The Morgan fingerprint density at radius 1 is 0.571 bits per heavy atom. The molecule has 0 spiro atoms. The average molecular weight is 1090 g/mol. The molecule has 12 bridgehead atoms. The first-order chi connectivity index (χ1) is 34.2. The Morgan fingerprint density at radius 3 is 2.03 bits per heavy atom. The van der Waals surface area contributed by atoms with Crippen LogP contribution in [0.2, 0.25) is 0 Å². The van der Waals surface area contributed by atoms with Crippen LogP contribution in [0.3, 0.4) is 0 Å². The van der Waals surface area contributed by atoms with Gasteiger partial charge in [0, 0.05) is 80.8 Å². The van der Waals surface area contributed by atoms with Gasteiger partial charge in [-0.25, -0.2) is 4.98 Å². The molecule has 0 radical (unpaired) electrons. The average Bonchev–Trinajstić information content (AvgIpc) is 3.92. The van der Waals surface area contributed by atoms with E-state index in [0.29, 0.717) is 39.9 Å². The summed E-state index contributed by atoms with van der Waals surface area (Å²) in [5.41, 5.74) is 11.9. The summed E-state index contributed by atoms with van der Waals surface area (Å²) in [6.45, 7) is 14.6. The maximum absolute atomic E-state index is 9.71. The molecule has 348 valence electrons.